The summed E-state index contributed by atoms with van der Waals surface area (Å²) in [5, 5.41) is 1.13. The van der Waals surface area contributed by atoms with Crippen LogP contribution in [0.15, 0.2) is 42.5 Å². The summed E-state index contributed by atoms with van der Waals surface area (Å²) in [4.78, 5) is 20.1. The van der Waals surface area contributed by atoms with Crippen LogP contribution in [0.25, 0.3) is 17.0 Å². The number of carbonyl (C=O) groups excluding carboxylic acids is 1. The van der Waals surface area contributed by atoms with Gasteiger partial charge in [-0.1, -0.05) is 19.9 Å². The van der Waals surface area contributed by atoms with Gasteiger partial charge in [-0.25, -0.2) is 0 Å². The van der Waals surface area contributed by atoms with Gasteiger partial charge in [0.05, 0.1) is 7.11 Å². The Morgan fingerprint density at radius 3 is 2.54 bits per heavy atom. The minimum atomic E-state index is 0.0742. The van der Waals surface area contributed by atoms with Crippen molar-refractivity contribution in [2.24, 2.45) is 0 Å². The third-order valence-electron chi connectivity index (χ3n) is 8.56. The molecule has 3 heterocycles. The van der Waals surface area contributed by atoms with Gasteiger partial charge in [0.2, 0.25) is 12.7 Å². The molecule has 0 radical (unpaired) electrons. The minimum absolute atomic E-state index is 0.0742. The largest absolute Gasteiger partial charge is 0.497 e. The average Bonchev–Trinajstić information content (AvgIpc) is 3.58. The molecule has 0 spiro atoms. The predicted molar refractivity (Wildman–Crippen MR) is 164 cm³/mol. The van der Waals surface area contributed by atoms with Crippen molar-refractivity contribution in [3.05, 3.63) is 59.3 Å². The van der Waals surface area contributed by atoms with E-state index in [1.807, 2.05) is 23.1 Å². The zero-order valence-electron chi connectivity index (χ0n) is 25.0. The first-order chi connectivity index (χ1) is 20.0. The molecule has 8 heteroatoms. The van der Waals surface area contributed by atoms with Crippen LogP contribution in [0, 0.1) is 6.92 Å². The maximum atomic E-state index is 13.2. The second-order valence-corrected chi connectivity index (χ2v) is 10.9. The lowest BCUT2D eigenvalue weighted by atomic mass is 10.1. The Morgan fingerprint density at radius 1 is 1.00 bits per heavy atom. The third kappa shape index (κ3) is 6.71. The molecule has 2 aliphatic heterocycles. The number of piperazine rings is 1. The molecule has 5 rings (SSSR count). The SMILES string of the molecule is CCN(CC)CCCn1c(C)c(C=CC(=O)N2CCN(CCc3ccc4c(c3)OCO4)CC2)c2cc(OC)ccc21. The summed E-state index contributed by atoms with van der Waals surface area (Å²) in [5.74, 6) is 2.56. The van der Waals surface area contributed by atoms with E-state index in [0.29, 0.717) is 6.79 Å². The van der Waals surface area contributed by atoms with Crippen LogP contribution < -0.4 is 14.2 Å². The molecule has 2 aliphatic rings. The molecule has 0 unspecified atom stereocenters. The van der Waals surface area contributed by atoms with Gasteiger partial charge >= 0.3 is 0 Å². The average molecular weight is 561 g/mol. The van der Waals surface area contributed by atoms with Crippen LogP contribution in [-0.2, 0) is 17.8 Å². The topological polar surface area (TPSA) is 59.4 Å². The zero-order chi connectivity index (χ0) is 28.8. The first kappa shape index (κ1) is 29.0. The highest BCUT2D eigenvalue weighted by Gasteiger charge is 2.21. The zero-order valence-corrected chi connectivity index (χ0v) is 25.0. The standard InChI is InChI=1S/C33H44N4O4/c1-5-34(6-2)15-7-16-37-25(3)28(29-23-27(39-4)9-11-30(29)37)10-13-33(38)36-20-18-35(19-21-36)17-14-26-8-12-31-32(22-26)41-24-40-31/h8-13,22-23H,5-7,14-21,24H2,1-4H3. The summed E-state index contributed by atoms with van der Waals surface area (Å²) in [7, 11) is 1.70. The Labute approximate surface area is 244 Å². The Hall–Kier alpha value is -3.49. The van der Waals surface area contributed by atoms with Crippen LogP contribution in [0.4, 0.5) is 0 Å². The quantitative estimate of drug-likeness (QED) is 0.296. The van der Waals surface area contributed by atoms with Crippen molar-refractivity contribution in [2.75, 3.05) is 66.3 Å². The van der Waals surface area contributed by atoms with E-state index < -0.39 is 0 Å². The van der Waals surface area contributed by atoms with Crippen molar-refractivity contribution >= 4 is 22.9 Å². The summed E-state index contributed by atoms with van der Waals surface area (Å²) in [5.41, 5.74) is 4.71. The van der Waals surface area contributed by atoms with E-state index >= 15 is 0 Å². The predicted octanol–water partition coefficient (Wildman–Crippen LogP) is 4.82. The summed E-state index contributed by atoms with van der Waals surface area (Å²) in [6, 6.07) is 12.4. The summed E-state index contributed by atoms with van der Waals surface area (Å²) in [6.07, 6.45) is 5.79. The van der Waals surface area contributed by atoms with Gasteiger partial charge in [0.15, 0.2) is 11.5 Å². The maximum absolute atomic E-state index is 13.2. The van der Waals surface area contributed by atoms with Crippen molar-refractivity contribution in [1.82, 2.24) is 19.3 Å². The number of hydrogen-bond acceptors (Lipinski definition) is 6. The summed E-state index contributed by atoms with van der Waals surface area (Å²) >= 11 is 0. The Morgan fingerprint density at radius 2 is 1.78 bits per heavy atom. The lowest BCUT2D eigenvalue weighted by molar-refractivity contribution is -0.127. The number of methoxy groups -OCH3 is 1. The Kier molecular flexibility index (Phi) is 9.52. The van der Waals surface area contributed by atoms with Gasteiger partial charge < -0.3 is 28.6 Å². The van der Waals surface area contributed by atoms with E-state index in [2.05, 4.69) is 59.4 Å². The molecular formula is C33H44N4O4. The highest BCUT2D eigenvalue weighted by atomic mass is 16.7. The molecule has 0 atom stereocenters. The molecule has 0 saturated carbocycles. The number of rotatable bonds is 12. The van der Waals surface area contributed by atoms with Crippen molar-refractivity contribution < 1.29 is 19.0 Å². The number of aryl methyl sites for hydroxylation is 1. The molecule has 0 N–H and O–H groups in total. The van der Waals surface area contributed by atoms with Crippen molar-refractivity contribution in [2.45, 2.75) is 40.2 Å². The van der Waals surface area contributed by atoms with Gasteiger partial charge in [-0.3, -0.25) is 9.69 Å². The lowest BCUT2D eigenvalue weighted by Gasteiger charge is -2.34. The molecule has 1 fully saturated rings. The van der Waals surface area contributed by atoms with E-state index in [1.165, 1.54) is 16.8 Å². The molecule has 3 aromatic rings. The molecule has 1 aromatic heterocycles. The number of carbonyl (C=O) groups is 1. The number of ether oxygens (including phenoxy) is 3. The fourth-order valence-corrected chi connectivity index (χ4v) is 5.94. The van der Waals surface area contributed by atoms with Crippen LogP contribution in [0.3, 0.4) is 0 Å². The van der Waals surface area contributed by atoms with Crippen LogP contribution in [0.1, 0.15) is 37.1 Å². The van der Waals surface area contributed by atoms with Gasteiger partial charge in [0.1, 0.15) is 5.75 Å². The molecule has 0 aliphatic carbocycles. The van der Waals surface area contributed by atoms with Gasteiger partial charge in [-0.15, -0.1) is 0 Å². The fourth-order valence-electron chi connectivity index (χ4n) is 5.94. The summed E-state index contributed by atoms with van der Waals surface area (Å²) < 4.78 is 18.8. The number of hydrogen-bond donors (Lipinski definition) is 0. The second kappa shape index (κ2) is 13.4. The highest BCUT2D eigenvalue weighted by Crippen LogP contribution is 2.33. The third-order valence-corrected chi connectivity index (χ3v) is 8.56. The number of aromatic nitrogens is 1. The summed E-state index contributed by atoms with van der Waals surface area (Å²) in [6.45, 7) is 15.3. The molecule has 8 nitrogen and oxygen atoms in total. The van der Waals surface area contributed by atoms with E-state index in [4.69, 9.17) is 14.2 Å². The number of fused-ring (bicyclic) bond motifs is 2. The highest BCUT2D eigenvalue weighted by molar-refractivity contribution is 5.98. The van der Waals surface area contributed by atoms with E-state index in [9.17, 15) is 4.79 Å². The van der Waals surface area contributed by atoms with Crippen molar-refractivity contribution in [3.8, 4) is 17.2 Å². The monoisotopic (exact) mass is 560 g/mol. The van der Waals surface area contributed by atoms with E-state index in [-0.39, 0.29) is 5.91 Å². The number of amides is 1. The Balaban J connectivity index is 1.20. The first-order valence-electron chi connectivity index (χ1n) is 15.0. The van der Waals surface area contributed by atoms with Gasteiger partial charge in [-0.05, 0) is 81.4 Å². The van der Waals surface area contributed by atoms with E-state index in [0.717, 1.165) is 99.9 Å². The number of nitrogens with zero attached hydrogens (tertiary/aromatic N) is 4. The molecule has 2 aromatic carbocycles. The first-order valence-corrected chi connectivity index (χ1v) is 15.0. The molecule has 1 saturated heterocycles. The van der Waals surface area contributed by atoms with Crippen LogP contribution in [-0.4, -0.2) is 91.4 Å². The minimum Gasteiger partial charge on any atom is -0.497 e. The second-order valence-electron chi connectivity index (χ2n) is 10.9. The molecule has 220 valence electrons. The molecule has 1 amide bonds. The van der Waals surface area contributed by atoms with Gasteiger partial charge in [-0.2, -0.15) is 0 Å². The molecular weight excluding hydrogens is 516 g/mol. The Bertz CT molecular complexity index is 1370. The van der Waals surface area contributed by atoms with Crippen molar-refractivity contribution in [3.63, 3.8) is 0 Å². The van der Waals surface area contributed by atoms with Crippen molar-refractivity contribution in [1.29, 1.82) is 0 Å². The van der Waals surface area contributed by atoms with Gasteiger partial charge in [0.25, 0.3) is 0 Å². The van der Waals surface area contributed by atoms with Crippen LogP contribution >= 0.6 is 0 Å². The number of benzene rings is 2. The molecule has 41 heavy (non-hydrogen) atoms. The van der Waals surface area contributed by atoms with Crippen LogP contribution in [0.5, 0.6) is 17.2 Å². The van der Waals surface area contributed by atoms with Crippen LogP contribution in [0.2, 0.25) is 0 Å². The lowest BCUT2D eigenvalue weighted by Crippen LogP contribution is -2.48. The molecule has 0 bridgehead atoms. The van der Waals surface area contributed by atoms with Gasteiger partial charge in [0, 0.05) is 67.5 Å². The fraction of sp³-hybridized carbons (Fsp3) is 0.485. The normalized spacial score (nSPS) is 15.5. The van der Waals surface area contributed by atoms with E-state index in [1.54, 1.807) is 13.2 Å². The maximum Gasteiger partial charge on any atom is 0.246 e. The smallest absolute Gasteiger partial charge is 0.246 e.